The van der Waals surface area contributed by atoms with E-state index in [1.165, 1.54) is 24.2 Å². The molecule has 1 heterocycles. The Morgan fingerprint density at radius 2 is 1.90 bits per heavy atom. The maximum Gasteiger partial charge on any atom is 0.261 e. The number of anilines is 1. The molecule has 8 heteroatoms. The molecule has 0 aliphatic carbocycles. The fraction of sp³-hybridized carbons (Fsp3) is 0.667. The predicted octanol–water partition coefficient (Wildman–Crippen LogP) is 2.48. The van der Waals surface area contributed by atoms with E-state index in [0.717, 1.165) is 38.2 Å². The number of nitrogens with one attached hydrogen (secondary N) is 1. The number of carbonyl (C=O) groups is 1. The molecule has 1 N–H and O–H groups in total. The predicted molar refractivity (Wildman–Crippen MR) is 117 cm³/mol. The van der Waals surface area contributed by atoms with Gasteiger partial charge in [-0.25, -0.2) is 8.42 Å². The lowest BCUT2D eigenvalue weighted by atomic mass is 9.99. The zero-order valence-corrected chi connectivity index (χ0v) is 18.9. The Kier molecular flexibility index (Phi) is 8.77. The Bertz CT molecular complexity index is 744. The minimum atomic E-state index is -3.31. The zero-order chi connectivity index (χ0) is 21.4. The Hall–Kier alpha value is -1.80. The minimum absolute atomic E-state index is 0.114. The van der Waals surface area contributed by atoms with Crippen molar-refractivity contribution in [2.75, 3.05) is 43.8 Å². The summed E-state index contributed by atoms with van der Waals surface area (Å²) in [5, 5.41) is 2.97. The number of benzene rings is 1. The van der Waals surface area contributed by atoms with E-state index >= 15 is 0 Å². The van der Waals surface area contributed by atoms with Crippen molar-refractivity contribution in [2.45, 2.75) is 45.6 Å². The van der Waals surface area contributed by atoms with Crippen molar-refractivity contribution < 1.29 is 17.9 Å². The Morgan fingerprint density at radius 1 is 1.28 bits per heavy atom. The van der Waals surface area contributed by atoms with Crippen molar-refractivity contribution in [1.29, 1.82) is 0 Å². The highest BCUT2D eigenvalue weighted by molar-refractivity contribution is 7.92. The second-order valence-corrected chi connectivity index (χ2v) is 9.92. The molecule has 0 aromatic heterocycles. The molecule has 0 bridgehead atoms. The van der Waals surface area contributed by atoms with Gasteiger partial charge in [0.05, 0.1) is 11.9 Å². The van der Waals surface area contributed by atoms with Crippen LogP contribution in [0.2, 0.25) is 0 Å². The van der Waals surface area contributed by atoms with E-state index in [4.69, 9.17) is 4.74 Å². The largest absolute Gasteiger partial charge is 0.481 e. The van der Waals surface area contributed by atoms with Crippen molar-refractivity contribution >= 4 is 21.6 Å². The number of sulfonamides is 1. The van der Waals surface area contributed by atoms with Crippen LogP contribution in [0.25, 0.3) is 0 Å². The summed E-state index contributed by atoms with van der Waals surface area (Å²) in [5.74, 6) is 1.26. The molecule has 2 rings (SSSR count). The van der Waals surface area contributed by atoms with E-state index < -0.39 is 16.1 Å². The number of ether oxygens (including phenoxy) is 1. The number of nitrogens with zero attached hydrogens (tertiary/aromatic N) is 2. The van der Waals surface area contributed by atoms with Crippen molar-refractivity contribution in [3.8, 4) is 5.75 Å². The maximum atomic E-state index is 12.4. The Labute approximate surface area is 175 Å². The third kappa shape index (κ3) is 7.51. The van der Waals surface area contributed by atoms with Crippen molar-refractivity contribution in [1.82, 2.24) is 10.2 Å². The lowest BCUT2D eigenvalue weighted by Crippen LogP contribution is -2.40. The first-order valence-corrected chi connectivity index (χ1v) is 12.3. The summed E-state index contributed by atoms with van der Waals surface area (Å²) in [6.07, 6.45) is 4.60. The maximum absolute atomic E-state index is 12.4. The van der Waals surface area contributed by atoms with E-state index in [1.54, 1.807) is 24.3 Å². The van der Waals surface area contributed by atoms with Gasteiger partial charge in [-0.3, -0.25) is 9.10 Å². The molecule has 0 saturated carbocycles. The molecule has 164 valence electrons. The molecule has 1 fully saturated rings. The summed E-state index contributed by atoms with van der Waals surface area (Å²) in [4.78, 5) is 14.9. The number of carbonyl (C=O) groups excluding carboxylic acids is 1. The van der Waals surface area contributed by atoms with Crippen LogP contribution in [0.1, 0.15) is 39.5 Å². The molecule has 1 aromatic rings. The highest BCUT2D eigenvalue weighted by atomic mass is 32.2. The first-order valence-electron chi connectivity index (χ1n) is 10.4. The van der Waals surface area contributed by atoms with E-state index in [9.17, 15) is 13.2 Å². The lowest BCUT2D eigenvalue weighted by molar-refractivity contribution is -0.128. The topological polar surface area (TPSA) is 78.9 Å². The van der Waals surface area contributed by atoms with Crippen molar-refractivity contribution in [3.63, 3.8) is 0 Å². The molecule has 1 atom stereocenters. The van der Waals surface area contributed by atoms with Crippen LogP contribution < -0.4 is 14.4 Å². The van der Waals surface area contributed by atoms with Crippen LogP contribution in [0.4, 0.5) is 5.69 Å². The highest BCUT2D eigenvalue weighted by Gasteiger charge is 2.19. The average molecular weight is 426 g/mol. The summed E-state index contributed by atoms with van der Waals surface area (Å²) >= 11 is 0. The van der Waals surface area contributed by atoms with E-state index in [0.29, 0.717) is 24.4 Å². The second kappa shape index (κ2) is 10.8. The van der Waals surface area contributed by atoms with Gasteiger partial charge in [0.25, 0.3) is 5.91 Å². The van der Waals surface area contributed by atoms with Gasteiger partial charge in [0.1, 0.15) is 5.75 Å². The first kappa shape index (κ1) is 23.5. The van der Waals surface area contributed by atoms with E-state index in [2.05, 4.69) is 17.1 Å². The summed E-state index contributed by atoms with van der Waals surface area (Å²) in [6.45, 7) is 8.17. The third-order valence-corrected chi connectivity index (χ3v) is 6.67. The normalized spacial score (nSPS) is 17.0. The van der Waals surface area contributed by atoms with Gasteiger partial charge >= 0.3 is 0 Å². The van der Waals surface area contributed by atoms with E-state index in [1.807, 2.05) is 6.92 Å². The molecule has 7 nitrogen and oxygen atoms in total. The number of piperidine rings is 1. The Balaban J connectivity index is 1.77. The summed E-state index contributed by atoms with van der Waals surface area (Å²) in [7, 11) is -1.81. The average Bonchev–Trinajstić information content (AvgIpc) is 2.69. The smallest absolute Gasteiger partial charge is 0.261 e. The standard InChI is InChI=1S/C21H35N3O4S/c1-5-20(21(25)22-13-6-14-24-15-11-17(2)12-16-24)28-19-9-7-18(8-10-19)23(3)29(4,26)27/h7-10,17,20H,5-6,11-16H2,1-4H3,(H,22,25). The molecule has 1 saturated heterocycles. The molecule has 0 spiro atoms. The monoisotopic (exact) mass is 425 g/mol. The molecular weight excluding hydrogens is 390 g/mol. The van der Waals surface area contributed by atoms with Gasteiger partial charge in [0.15, 0.2) is 6.10 Å². The molecule has 29 heavy (non-hydrogen) atoms. The van der Waals surface area contributed by atoms with Crippen LogP contribution in [-0.2, 0) is 14.8 Å². The van der Waals surface area contributed by atoms with Gasteiger partial charge in [0.2, 0.25) is 10.0 Å². The van der Waals surface area contributed by atoms with Crippen LogP contribution in [0.3, 0.4) is 0 Å². The number of hydrogen-bond donors (Lipinski definition) is 1. The highest BCUT2D eigenvalue weighted by Crippen LogP contribution is 2.21. The van der Waals surface area contributed by atoms with Crippen molar-refractivity contribution in [2.24, 2.45) is 5.92 Å². The van der Waals surface area contributed by atoms with Crippen LogP contribution in [0, 0.1) is 5.92 Å². The lowest BCUT2D eigenvalue weighted by Gasteiger charge is -2.30. The molecule has 1 aromatic carbocycles. The first-order chi connectivity index (χ1) is 13.7. The molecule has 1 aliphatic heterocycles. The zero-order valence-electron chi connectivity index (χ0n) is 18.1. The fourth-order valence-electron chi connectivity index (χ4n) is 3.33. The van der Waals surface area contributed by atoms with Crippen LogP contribution in [-0.4, -0.2) is 64.8 Å². The molecule has 1 amide bonds. The van der Waals surface area contributed by atoms with Gasteiger partial charge in [-0.05, 0) is 75.5 Å². The number of hydrogen-bond acceptors (Lipinski definition) is 5. The number of likely N-dealkylation sites (tertiary alicyclic amines) is 1. The van der Waals surface area contributed by atoms with Gasteiger partial charge in [-0.2, -0.15) is 0 Å². The summed E-state index contributed by atoms with van der Waals surface area (Å²) in [5.41, 5.74) is 0.546. The van der Waals surface area contributed by atoms with Gasteiger partial charge in [-0.1, -0.05) is 13.8 Å². The third-order valence-electron chi connectivity index (χ3n) is 5.47. The van der Waals surface area contributed by atoms with Gasteiger partial charge < -0.3 is 15.0 Å². The van der Waals surface area contributed by atoms with Gasteiger partial charge in [-0.15, -0.1) is 0 Å². The molecule has 0 radical (unpaired) electrons. The Morgan fingerprint density at radius 3 is 2.45 bits per heavy atom. The van der Waals surface area contributed by atoms with E-state index in [-0.39, 0.29) is 5.91 Å². The van der Waals surface area contributed by atoms with Crippen molar-refractivity contribution in [3.05, 3.63) is 24.3 Å². The molecule has 1 aliphatic rings. The van der Waals surface area contributed by atoms with Crippen LogP contribution >= 0.6 is 0 Å². The quantitative estimate of drug-likeness (QED) is 0.583. The summed E-state index contributed by atoms with van der Waals surface area (Å²) in [6, 6.07) is 6.70. The number of amides is 1. The van der Waals surface area contributed by atoms with Crippen LogP contribution in [0.15, 0.2) is 24.3 Å². The minimum Gasteiger partial charge on any atom is -0.481 e. The second-order valence-electron chi connectivity index (χ2n) is 7.91. The molecular formula is C21H35N3O4S. The van der Waals surface area contributed by atoms with Crippen LogP contribution in [0.5, 0.6) is 5.75 Å². The molecule has 1 unspecified atom stereocenters. The fourth-order valence-corrected chi connectivity index (χ4v) is 3.83. The summed E-state index contributed by atoms with van der Waals surface area (Å²) < 4.78 is 30.2. The number of rotatable bonds is 10. The van der Waals surface area contributed by atoms with Gasteiger partial charge in [0, 0.05) is 13.6 Å². The SMILES string of the molecule is CCC(Oc1ccc(N(C)S(C)(=O)=O)cc1)C(=O)NCCCN1CCC(C)CC1.